The molecule has 0 N–H and O–H groups in total. The molecule has 2 atom stereocenters. The second-order valence-electron chi connectivity index (χ2n) is 5.11. The largest absolute Gasteiger partial charge is 0.378 e. The molecule has 0 aromatic rings. The third kappa shape index (κ3) is 2.01. The molecule has 1 heterocycles. The standard InChI is InChI=1S/C12H21BrO/c1-10-12(9-13,6-7-14-10)8-11-4-2-3-5-11/h10-11H,2-9H2,1H3. The summed E-state index contributed by atoms with van der Waals surface area (Å²) in [6.07, 6.45) is 8.94. The maximum atomic E-state index is 5.74. The third-order valence-electron chi connectivity index (χ3n) is 4.27. The number of ether oxygens (including phenoxy) is 1. The molecule has 82 valence electrons. The fourth-order valence-electron chi connectivity index (χ4n) is 3.11. The van der Waals surface area contributed by atoms with E-state index in [9.17, 15) is 0 Å². The zero-order valence-corrected chi connectivity index (χ0v) is 10.7. The van der Waals surface area contributed by atoms with Gasteiger partial charge in [0.2, 0.25) is 0 Å². The normalized spacial score (nSPS) is 39.4. The molecule has 2 rings (SSSR count). The van der Waals surface area contributed by atoms with Gasteiger partial charge < -0.3 is 4.74 Å². The molecular weight excluding hydrogens is 240 g/mol. The molecule has 14 heavy (non-hydrogen) atoms. The SMILES string of the molecule is CC1OCCC1(CBr)CC1CCCC1. The molecule has 0 radical (unpaired) electrons. The van der Waals surface area contributed by atoms with E-state index in [1.807, 2.05) is 0 Å². The van der Waals surface area contributed by atoms with Gasteiger partial charge in [-0.15, -0.1) is 0 Å². The zero-order chi connectivity index (χ0) is 10.0. The maximum Gasteiger partial charge on any atom is 0.0612 e. The molecule has 0 bridgehead atoms. The second kappa shape index (κ2) is 4.52. The quantitative estimate of drug-likeness (QED) is 0.703. The van der Waals surface area contributed by atoms with Crippen LogP contribution in [-0.4, -0.2) is 18.0 Å². The van der Waals surface area contributed by atoms with Crippen molar-refractivity contribution in [3.63, 3.8) is 0 Å². The number of alkyl halides is 1. The first-order valence-electron chi connectivity index (χ1n) is 5.94. The van der Waals surface area contributed by atoms with Crippen LogP contribution in [0.25, 0.3) is 0 Å². The summed E-state index contributed by atoms with van der Waals surface area (Å²) >= 11 is 3.70. The molecule has 2 fully saturated rings. The van der Waals surface area contributed by atoms with Gasteiger partial charge in [-0.1, -0.05) is 41.6 Å². The molecule has 1 aliphatic heterocycles. The minimum atomic E-state index is 0.453. The van der Waals surface area contributed by atoms with Crippen molar-refractivity contribution in [2.45, 2.75) is 51.6 Å². The molecule has 2 aliphatic rings. The van der Waals surface area contributed by atoms with Gasteiger partial charge >= 0.3 is 0 Å². The highest BCUT2D eigenvalue weighted by molar-refractivity contribution is 9.09. The molecule has 0 aromatic carbocycles. The van der Waals surface area contributed by atoms with Gasteiger partial charge in [-0.05, 0) is 25.7 Å². The third-order valence-corrected chi connectivity index (χ3v) is 5.38. The predicted molar refractivity (Wildman–Crippen MR) is 62.8 cm³/mol. The predicted octanol–water partition coefficient (Wildman–Crippen LogP) is 3.76. The molecule has 1 nitrogen and oxygen atoms in total. The Morgan fingerprint density at radius 2 is 2.07 bits per heavy atom. The Balaban J connectivity index is 1.97. The Labute approximate surface area is 95.7 Å². The lowest BCUT2D eigenvalue weighted by atomic mass is 9.75. The van der Waals surface area contributed by atoms with Crippen LogP contribution in [0.2, 0.25) is 0 Å². The van der Waals surface area contributed by atoms with Crippen molar-refractivity contribution < 1.29 is 4.74 Å². The summed E-state index contributed by atoms with van der Waals surface area (Å²) in [4.78, 5) is 0. The van der Waals surface area contributed by atoms with E-state index >= 15 is 0 Å². The molecule has 0 aromatic heterocycles. The second-order valence-corrected chi connectivity index (χ2v) is 5.67. The van der Waals surface area contributed by atoms with Crippen LogP contribution in [0.5, 0.6) is 0 Å². The Morgan fingerprint density at radius 3 is 2.57 bits per heavy atom. The number of hydrogen-bond donors (Lipinski definition) is 0. The van der Waals surface area contributed by atoms with Gasteiger partial charge in [-0.25, -0.2) is 0 Å². The van der Waals surface area contributed by atoms with Crippen LogP contribution in [-0.2, 0) is 4.74 Å². The average Bonchev–Trinajstić information content (AvgIpc) is 2.79. The topological polar surface area (TPSA) is 9.23 Å². The van der Waals surface area contributed by atoms with E-state index in [4.69, 9.17) is 4.74 Å². The van der Waals surface area contributed by atoms with E-state index < -0.39 is 0 Å². The van der Waals surface area contributed by atoms with Crippen LogP contribution in [0.15, 0.2) is 0 Å². The van der Waals surface area contributed by atoms with E-state index in [0.717, 1.165) is 17.9 Å². The van der Waals surface area contributed by atoms with Crippen LogP contribution < -0.4 is 0 Å². The smallest absolute Gasteiger partial charge is 0.0612 e. The molecule has 1 saturated heterocycles. The molecule has 2 unspecified atom stereocenters. The van der Waals surface area contributed by atoms with Gasteiger partial charge in [-0.2, -0.15) is 0 Å². The summed E-state index contributed by atoms with van der Waals surface area (Å²) in [6.45, 7) is 3.22. The van der Waals surface area contributed by atoms with Crippen molar-refractivity contribution in [2.24, 2.45) is 11.3 Å². The molecule has 0 amide bonds. The fraction of sp³-hybridized carbons (Fsp3) is 1.00. The molecule has 1 aliphatic carbocycles. The van der Waals surface area contributed by atoms with Gasteiger partial charge in [0.25, 0.3) is 0 Å². The van der Waals surface area contributed by atoms with Gasteiger partial charge in [0, 0.05) is 17.4 Å². The highest BCUT2D eigenvalue weighted by Gasteiger charge is 2.42. The van der Waals surface area contributed by atoms with Crippen LogP contribution in [0.1, 0.15) is 45.4 Å². The molecular formula is C12H21BrO. The zero-order valence-electron chi connectivity index (χ0n) is 9.10. The summed E-state index contributed by atoms with van der Waals surface area (Å²) in [5, 5.41) is 1.12. The summed E-state index contributed by atoms with van der Waals surface area (Å²) < 4.78 is 5.74. The first kappa shape index (κ1) is 10.9. The van der Waals surface area contributed by atoms with E-state index in [0.29, 0.717) is 11.5 Å². The van der Waals surface area contributed by atoms with Crippen LogP contribution in [0.4, 0.5) is 0 Å². The Kier molecular flexibility index (Phi) is 3.54. The van der Waals surface area contributed by atoms with Gasteiger partial charge in [0.15, 0.2) is 0 Å². The fourth-order valence-corrected chi connectivity index (χ4v) is 4.07. The maximum absolute atomic E-state index is 5.74. The van der Waals surface area contributed by atoms with E-state index in [1.54, 1.807) is 0 Å². The van der Waals surface area contributed by atoms with Crippen LogP contribution in [0.3, 0.4) is 0 Å². The lowest BCUT2D eigenvalue weighted by Crippen LogP contribution is -2.32. The Morgan fingerprint density at radius 1 is 1.36 bits per heavy atom. The molecule has 2 heteroatoms. The lowest BCUT2D eigenvalue weighted by Gasteiger charge is -2.32. The highest BCUT2D eigenvalue weighted by atomic mass is 79.9. The minimum absolute atomic E-state index is 0.453. The number of halogens is 1. The summed E-state index contributed by atoms with van der Waals surface area (Å²) in [7, 11) is 0. The lowest BCUT2D eigenvalue weighted by molar-refractivity contribution is 0.0626. The monoisotopic (exact) mass is 260 g/mol. The van der Waals surface area contributed by atoms with Crippen molar-refractivity contribution in [3.05, 3.63) is 0 Å². The van der Waals surface area contributed by atoms with Crippen molar-refractivity contribution in [1.82, 2.24) is 0 Å². The molecule has 0 spiro atoms. The summed E-state index contributed by atoms with van der Waals surface area (Å²) in [5.74, 6) is 0.983. The van der Waals surface area contributed by atoms with Crippen LogP contribution in [0, 0.1) is 11.3 Å². The summed E-state index contributed by atoms with van der Waals surface area (Å²) in [5.41, 5.74) is 0.453. The van der Waals surface area contributed by atoms with Crippen molar-refractivity contribution in [3.8, 4) is 0 Å². The van der Waals surface area contributed by atoms with E-state index in [1.165, 1.54) is 38.5 Å². The average molecular weight is 261 g/mol. The number of rotatable bonds is 3. The molecule has 1 saturated carbocycles. The van der Waals surface area contributed by atoms with Crippen LogP contribution >= 0.6 is 15.9 Å². The van der Waals surface area contributed by atoms with E-state index in [-0.39, 0.29) is 0 Å². The van der Waals surface area contributed by atoms with Crippen molar-refractivity contribution >= 4 is 15.9 Å². The van der Waals surface area contributed by atoms with Gasteiger partial charge in [0.05, 0.1) is 6.10 Å². The first-order chi connectivity index (χ1) is 6.77. The van der Waals surface area contributed by atoms with Crippen molar-refractivity contribution in [1.29, 1.82) is 0 Å². The first-order valence-corrected chi connectivity index (χ1v) is 7.06. The minimum Gasteiger partial charge on any atom is -0.378 e. The highest BCUT2D eigenvalue weighted by Crippen LogP contribution is 2.45. The van der Waals surface area contributed by atoms with Gasteiger partial charge in [-0.3, -0.25) is 0 Å². The van der Waals surface area contributed by atoms with E-state index in [2.05, 4.69) is 22.9 Å². The number of hydrogen-bond acceptors (Lipinski definition) is 1. The van der Waals surface area contributed by atoms with Crippen molar-refractivity contribution in [2.75, 3.05) is 11.9 Å². The summed E-state index contributed by atoms with van der Waals surface area (Å²) in [6, 6.07) is 0. The van der Waals surface area contributed by atoms with Gasteiger partial charge in [0.1, 0.15) is 0 Å². The Hall–Kier alpha value is 0.440. The Bertz CT molecular complexity index is 189.